The summed E-state index contributed by atoms with van der Waals surface area (Å²) in [6.45, 7) is 1.30. The summed E-state index contributed by atoms with van der Waals surface area (Å²) in [5.41, 5.74) is 0. The number of likely N-dealkylation sites (tertiary alicyclic amines) is 1. The molecule has 0 unspecified atom stereocenters. The highest BCUT2D eigenvalue weighted by atomic mass is 16.5. The van der Waals surface area contributed by atoms with Crippen molar-refractivity contribution >= 4 is 17.9 Å². The van der Waals surface area contributed by atoms with Gasteiger partial charge in [-0.25, -0.2) is 4.79 Å². The quantitative estimate of drug-likeness (QED) is 0.764. The smallest absolute Gasteiger partial charge is 0.324 e. The third kappa shape index (κ3) is 4.67. The number of anilines is 1. The fraction of sp³-hybridized carbons (Fsp3) is 0.727. The maximum absolute atomic E-state index is 12.0. The molecular formula is C11H18N6O4. The van der Waals surface area contributed by atoms with Crippen molar-refractivity contribution in [3.63, 3.8) is 0 Å². The minimum atomic E-state index is -0.872. The van der Waals surface area contributed by atoms with Gasteiger partial charge in [0.05, 0.1) is 26.2 Å². The number of tetrazole rings is 1. The zero-order valence-corrected chi connectivity index (χ0v) is 11.7. The number of rotatable bonds is 5. The summed E-state index contributed by atoms with van der Waals surface area (Å²) in [6.07, 6.45) is 1.36. The van der Waals surface area contributed by atoms with Gasteiger partial charge in [-0.1, -0.05) is 5.10 Å². The number of piperidine rings is 1. The molecule has 0 aliphatic carbocycles. The molecule has 2 N–H and O–H groups in total. The fourth-order valence-corrected chi connectivity index (χ4v) is 2.05. The zero-order valence-electron chi connectivity index (χ0n) is 11.7. The van der Waals surface area contributed by atoms with Gasteiger partial charge in [0.25, 0.3) is 5.95 Å². The predicted octanol–water partition coefficient (Wildman–Crippen LogP) is -0.302. The first-order chi connectivity index (χ1) is 10.0. The number of hydrogen-bond acceptors (Lipinski definition) is 6. The molecular weight excluding hydrogens is 280 g/mol. The molecule has 2 heterocycles. The largest absolute Gasteiger partial charge is 0.481 e. The number of hydrogen-bond donors (Lipinski definition) is 2. The molecule has 21 heavy (non-hydrogen) atoms. The van der Waals surface area contributed by atoms with Gasteiger partial charge in [0.2, 0.25) is 0 Å². The predicted molar refractivity (Wildman–Crippen MR) is 70.6 cm³/mol. The van der Waals surface area contributed by atoms with Crippen LogP contribution < -0.4 is 5.32 Å². The molecule has 116 valence electrons. The molecule has 10 heteroatoms. The highest BCUT2D eigenvalue weighted by Crippen LogP contribution is 2.14. The molecule has 1 aliphatic heterocycles. The van der Waals surface area contributed by atoms with Gasteiger partial charge in [0, 0.05) is 13.1 Å². The third-order valence-corrected chi connectivity index (χ3v) is 3.13. The minimum Gasteiger partial charge on any atom is -0.481 e. The Labute approximate surface area is 121 Å². The molecule has 0 aromatic carbocycles. The van der Waals surface area contributed by atoms with Gasteiger partial charge < -0.3 is 14.7 Å². The molecule has 10 nitrogen and oxygen atoms in total. The Morgan fingerprint density at radius 3 is 2.71 bits per heavy atom. The highest BCUT2D eigenvalue weighted by molar-refractivity contribution is 5.87. The van der Waals surface area contributed by atoms with Gasteiger partial charge in [-0.2, -0.15) is 4.80 Å². The second kappa shape index (κ2) is 6.97. The first-order valence-electron chi connectivity index (χ1n) is 6.68. The van der Waals surface area contributed by atoms with Crippen molar-refractivity contribution in [2.24, 2.45) is 7.05 Å². The molecule has 0 spiro atoms. The molecule has 0 atom stereocenters. The Morgan fingerprint density at radius 2 is 2.14 bits per heavy atom. The standard InChI is InChI=1S/C11H18N6O4/c1-16-14-10(13-15-16)12-11(20)17-5-2-8(3-6-17)21-7-4-9(18)19/h8H,2-7H2,1H3,(H,18,19)(H,12,14,20). The van der Waals surface area contributed by atoms with Crippen LogP contribution in [0.4, 0.5) is 10.7 Å². The van der Waals surface area contributed by atoms with Crippen LogP contribution >= 0.6 is 0 Å². The van der Waals surface area contributed by atoms with E-state index in [9.17, 15) is 9.59 Å². The van der Waals surface area contributed by atoms with Crippen LogP contribution in [0.1, 0.15) is 19.3 Å². The van der Waals surface area contributed by atoms with Crippen LogP contribution in [-0.2, 0) is 16.6 Å². The monoisotopic (exact) mass is 298 g/mol. The van der Waals surface area contributed by atoms with Crippen molar-refractivity contribution in [2.75, 3.05) is 25.0 Å². The number of carboxylic acid groups (broad SMARTS) is 1. The van der Waals surface area contributed by atoms with E-state index in [0.717, 1.165) is 0 Å². The molecule has 1 fully saturated rings. The van der Waals surface area contributed by atoms with Crippen molar-refractivity contribution in [3.05, 3.63) is 0 Å². The van der Waals surface area contributed by atoms with Crippen molar-refractivity contribution in [2.45, 2.75) is 25.4 Å². The summed E-state index contributed by atoms with van der Waals surface area (Å²) in [6, 6.07) is -0.271. The topological polar surface area (TPSA) is 122 Å². The van der Waals surface area contributed by atoms with Crippen molar-refractivity contribution in [1.29, 1.82) is 0 Å². The molecule has 2 amide bonds. The summed E-state index contributed by atoms with van der Waals surface area (Å²) in [7, 11) is 1.61. The van der Waals surface area contributed by atoms with Crippen molar-refractivity contribution < 1.29 is 19.4 Å². The maximum Gasteiger partial charge on any atom is 0.324 e. The summed E-state index contributed by atoms with van der Waals surface area (Å²) < 4.78 is 5.47. The minimum absolute atomic E-state index is 0.000946. The number of carbonyl (C=O) groups excluding carboxylic acids is 1. The van der Waals surface area contributed by atoms with E-state index in [-0.39, 0.29) is 31.1 Å². The van der Waals surface area contributed by atoms with Gasteiger partial charge in [-0.05, 0) is 18.1 Å². The number of nitrogens with one attached hydrogen (secondary N) is 1. The van der Waals surface area contributed by atoms with E-state index < -0.39 is 5.97 Å². The van der Waals surface area contributed by atoms with E-state index >= 15 is 0 Å². The van der Waals surface area contributed by atoms with Crippen LogP contribution in [0.5, 0.6) is 0 Å². The van der Waals surface area contributed by atoms with Crippen molar-refractivity contribution in [3.8, 4) is 0 Å². The Morgan fingerprint density at radius 1 is 1.43 bits per heavy atom. The maximum atomic E-state index is 12.0. The number of amides is 2. The van der Waals surface area contributed by atoms with Gasteiger partial charge in [-0.3, -0.25) is 10.1 Å². The lowest BCUT2D eigenvalue weighted by Crippen LogP contribution is -2.43. The number of carbonyl (C=O) groups is 2. The van der Waals surface area contributed by atoms with Crippen LogP contribution in [-0.4, -0.2) is 68.0 Å². The third-order valence-electron chi connectivity index (χ3n) is 3.13. The Hall–Kier alpha value is -2.23. The fourth-order valence-electron chi connectivity index (χ4n) is 2.05. The van der Waals surface area contributed by atoms with Crippen LogP contribution in [0.25, 0.3) is 0 Å². The molecule has 0 saturated carbocycles. The lowest BCUT2D eigenvalue weighted by atomic mass is 10.1. The average molecular weight is 298 g/mol. The second-order valence-corrected chi connectivity index (χ2v) is 4.73. The molecule has 1 aliphatic rings. The molecule has 2 rings (SSSR count). The number of urea groups is 1. The zero-order chi connectivity index (χ0) is 15.2. The summed E-state index contributed by atoms with van der Waals surface area (Å²) >= 11 is 0. The Bertz CT molecular complexity index is 497. The molecule has 1 saturated heterocycles. The first-order valence-corrected chi connectivity index (χ1v) is 6.68. The van der Waals surface area contributed by atoms with Crippen molar-refractivity contribution in [1.82, 2.24) is 25.1 Å². The van der Waals surface area contributed by atoms with Gasteiger partial charge in [0.15, 0.2) is 0 Å². The van der Waals surface area contributed by atoms with Gasteiger partial charge >= 0.3 is 12.0 Å². The van der Waals surface area contributed by atoms with Crippen LogP contribution in [0, 0.1) is 0 Å². The van der Waals surface area contributed by atoms with Crippen LogP contribution in [0.2, 0.25) is 0 Å². The van der Waals surface area contributed by atoms with E-state index in [1.165, 1.54) is 4.80 Å². The number of nitrogens with zero attached hydrogens (tertiary/aromatic N) is 5. The highest BCUT2D eigenvalue weighted by Gasteiger charge is 2.24. The second-order valence-electron chi connectivity index (χ2n) is 4.73. The van der Waals surface area contributed by atoms with E-state index in [4.69, 9.17) is 9.84 Å². The number of aryl methyl sites for hydroxylation is 1. The molecule has 1 aromatic rings. The van der Waals surface area contributed by atoms with Gasteiger partial charge in [0.1, 0.15) is 0 Å². The van der Waals surface area contributed by atoms with E-state index in [1.807, 2.05) is 0 Å². The lowest BCUT2D eigenvalue weighted by molar-refractivity contribution is -0.138. The van der Waals surface area contributed by atoms with E-state index in [0.29, 0.717) is 25.9 Å². The SMILES string of the molecule is Cn1nnc(NC(=O)N2CCC(OCCC(=O)O)CC2)n1. The summed E-state index contributed by atoms with van der Waals surface area (Å²) in [5.74, 6) is -0.703. The van der Waals surface area contributed by atoms with Crippen LogP contribution in [0.15, 0.2) is 0 Å². The summed E-state index contributed by atoms with van der Waals surface area (Å²) in [4.78, 5) is 25.3. The molecule has 1 aromatic heterocycles. The van der Waals surface area contributed by atoms with E-state index in [2.05, 4.69) is 20.7 Å². The Kier molecular flexibility index (Phi) is 5.04. The lowest BCUT2D eigenvalue weighted by Gasteiger charge is -2.31. The first kappa shape index (κ1) is 15.2. The Balaban J connectivity index is 1.70. The average Bonchev–Trinajstić information content (AvgIpc) is 2.84. The van der Waals surface area contributed by atoms with Crippen LogP contribution in [0.3, 0.4) is 0 Å². The summed E-state index contributed by atoms with van der Waals surface area (Å²) in [5, 5.41) is 22.3. The normalized spacial score (nSPS) is 16.0. The van der Waals surface area contributed by atoms with E-state index in [1.54, 1.807) is 11.9 Å². The number of carboxylic acids is 1. The number of aromatic nitrogens is 4. The molecule has 0 radical (unpaired) electrons. The number of aliphatic carboxylic acids is 1. The molecule has 0 bridgehead atoms. The number of ether oxygens (including phenoxy) is 1. The van der Waals surface area contributed by atoms with Gasteiger partial charge in [-0.15, -0.1) is 5.10 Å².